The fourth-order valence-corrected chi connectivity index (χ4v) is 4.05. The van der Waals surface area contributed by atoms with E-state index >= 15 is 0 Å². The van der Waals surface area contributed by atoms with Gasteiger partial charge in [0.25, 0.3) is 0 Å². The van der Waals surface area contributed by atoms with Crippen LogP contribution in [-0.2, 0) is 16.3 Å². The molecule has 1 aromatic rings. The molecule has 1 heterocycles. The topological polar surface area (TPSA) is 94.3 Å². The summed E-state index contributed by atoms with van der Waals surface area (Å²) >= 11 is 0. The minimum Gasteiger partial charge on any atom is -0.406 e. The zero-order valence-corrected chi connectivity index (χ0v) is 16.9. The van der Waals surface area contributed by atoms with Crippen LogP contribution in [0.5, 0.6) is 5.75 Å². The van der Waals surface area contributed by atoms with E-state index in [2.05, 4.69) is 4.74 Å². The molecule has 0 radical (unpaired) electrons. The molecule has 0 unspecified atom stereocenters. The first kappa shape index (κ1) is 24.2. The van der Waals surface area contributed by atoms with Crippen molar-refractivity contribution in [2.75, 3.05) is 19.3 Å². The van der Waals surface area contributed by atoms with Crippen LogP contribution in [0.2, 0.25) is 0 Å². The van der Waals surface area contributed by atoms with Crippen LogP contribution in [0.3, 0.4) is 0 Å². The Morgan fingerprint density at radius 3 is 2.18 bits per heavy atom. The normalized spacial score (nSPS) is 15.6. The minimum atomic E-state index is -4.74. The van der Waals surface area contributed by atoms with Gasteiger partial charge < -0.3 is 15.0 Å². The van der Waals surface area contributed by atoms with E-state index in [0.29, 0.717) is 31.5 Å². The van der Waals surface area contributed by atoms with Gasteiger partial charge in [-0.25, -0.2) is 8.42 Å². The highest BCUT2D eigenvalue weighted by Crippen LogP contribution is 2.23. The molecule has 0 amide bonds. The summed E-state index contributed by atoms with van der Waals surface area (Å²) in [5.74, 6) is -0.0664. The van der Waals surface area contributed by atoms with Crippen LogP contribution in [-0.4, -0.2) is 55.8 Å². The molecule has 1 aliphatic heterocycles. The number of nitrogens with one attached hydrogen (secondary N) is 2. The molecule has 0 aliphatic carbocycles. The smallest absolute Gasteiger partial charge is 0.406 e. The minimum absolute atomic E-state index is 0. The predicted octanol–water partition coefficient (Wildman–Crippen LogP) is 3.45. The summed E-state index contributed by atoms with van der Waals surface area (Å²) in [5, 5.41) is 15.8. The lowest BCUT2D eigenvalue weighted by Crippen LogP contribution is -2.42. The molecule has 6 nitrogen and oxygen atoms in total. The third-order valence-electron chi connectivity index (χ3n) is 4.38. The number of alkyl halides is 3. The van der Waals surface area contributed by atoms with Gasteiger partial charge in [-0.2, -0.15) is 0 Å². The lowest BCUT2D eigenvalue weighted by Gasteiger charge is -2.33. The number of hydrogen-bond acceptors (Lipinski definition) is 5. The molecule has 1 saturated heterocycles. The van der Waals surface area contributed by atoms with Gasteiger partial charge in [-0.05, 0) is 30.5 Å². The molecule has 158 valence electrons. The van der Waals surface area contributed by atoms with E-state index in [-0.39, 0.29) is 47.8 Å². The van der Waals surface area contributed by atoms with Crippen LogP contribution in [0.4, 0.5) is 13.2 Å². The number of rotatable bonds is 6. The van der Waals surface area contributed by atoms with Crippen molar-refractivity contribution in [3.05, 3.63) is 29.8 Å². The maximum Gasteiger partial charge on any atom is 0.573 e. The number of nitrogens with zero attached hydrogens (tertiary/aromatic N) is 1. The van der Waals surface area contributed by atoms with E-state index < -0.39 is 16.2 Å². The molecule has 0 saturated carbocycles. The predicted molar refractivity (Wildman–Crippen MR) is 104 cm³/mol. The van der Waals surface area contributed by atoms with Crippen molar-refractivity contribution in [3.63, 3.8) is 0 Å². The highest BCUT2D eigenvalue weighted by Gasteiger charge is 2.31. The Labute approximate surface area is 168 Å². The average Bonchev–Trinajstić information content (AvgIpc) is 2.54. The molecule has 1 fully saturated rings. The van der Waals surface area contributed by atoms with E-state index in [9.17, 15) is 21.6 Å². The first-order valence-corrected chi connectivity index (χ1v) is 10.3. The first-order valence-electron chi connectivity index (χ1n) is 8.36. The fraction of sp³-hybridized carbons (Fsp3) is 0.529. The zero-order chi connectivity index (χ0) is 20.2. The van der Waals surface area contributed by atoms with Crippen molar-refractivity contribution in [1.82, 2.24) is 4.90 Å². The summed E-state index contributed by atoms with van der Waals surface area (Å²) < 4.78 is 63.4. The second-order valence-electron chi connectivity index (χ2n) is 6.61. The molecule has 0 bridgehead atoms. The highest BCUT2D eigenvalue weighted by molar-refractivity contribution is 7.91. The molecule has 1 aromatic carbocycles. The lowest BCUT2D eigenvalue weighted by molar-refractivity contribution is -0.274. The number of amidine groups is 1. The lowest BCUT2D eigenvalue weighted by atomic mass is 10.0. The van der Waals surface area contributed by atoms with Gasteiger partial charge in [-0.1, -0.05) is 12.1 Å². The molecular formula is C17H23ClF3N3O3S. The van der Waals surface area contributed by atoms with E-state index in [1.54, 1.807) is 4.90 Å². The van der Waals surface area contributed by atoms with Crippen molar-refractivity contribution in [3.8, 4) is 5.75 Å². The van der Waals surface area contributed by atoms with Gasteiger partial charge in [0.2, 0.25) is 0 Å². The number of ether oxygens (including phenoxy) is 1. The van der Waals surface area contributed by atoms with Crippen molar-refractivity contribution in [2.45, 2.75) is 37.3 Å². The summed E-state index contributed by atoms with van der Waals surface area (Å²) in [4.78, 5) is 1.77. The fourth-order valence-electron chi connectivity index (χ4n) is 2.99. The molecule has 0 spiro atoms. The number of hydrogen-bond donors (Lipinski definition) is 2. The van der Waals surface area contributed by atoms with Crippen LogP contribution in [0, 0.1) is 10.8 Å². The molecule has 2 N–H and O–H groups in total. The van der Waals surface area contributed by atoms with Gasteiger partial charge in [-0.3, -0.25) is 5.41 Å². The largest absolute Gasteiger partial charge is 0.573 e. The van der Waals surface area contributed by atoms with Crippen molar-refractivity contribution < 1.29 is 26.3 Å². The summed E-state index contributed by atoms with van der Waals surface area (Å²) in [7, 11) is -3.07. The Morgan fingerprint density at radius 1 is 1.18 bits per heavy atom. The van der Waals surface area contributed by atoms with Crippen LogP contribution >= 0.6 is 12.4 Å². The molecular weight excluding hydrogens is 419 g/mol. The second kappa shape index (κ2) is 9.60. The maximum atomic E-state index is 12.1. The summed E-state index contributed by atoms with van der Waals surface area (Å²) in [6.07, 6.45) is -2.25. The van der Waals surface area contributed by atoms with Crippen molar-refractivity contribution in [1.29, 1.82) is 10.8 Å². The number of benzene rings is 1. The van der Waals surface area contributed by atoms with E-state index in [0.717, 1.165) is 0 Å². The van der Waals surface area contributed by atoms with E-state index in [1.165, 1.54) is 30.5 Å². The number of likely N-dealkylation sites (tertiary alicyclic amines) is 1. The third-order valence-corrected chi connectivity index (χ3v) is 6.07. The van der Waals surface area contributed by atoms with E-state index in [4.69, 9.17) is 10.8 Å². The Morgan fingerprint density at radius 2 is 1.71 bits per heavy atom. The average molecular weight is 442 g/mol. The molecule has 1 aliphatic rings. The third kappa shape index (κ3) is 7.67. The standard InChI is InChI=1S/C17H22F3N3O3S.ClH/c1-27(24,25)15-6-8-23(9-7-15)16(22)11-13(21)10-12-2-4-14(5-3-12)26-17(18,19)20;/h2-5,15,21-22H,6-11H2,1H3;1H. The van der Waals surface area contributed by atoms with Crippen molar-refractivity contribution in [2.24, 2.45) is 0 Å². The van der Waals surface area contributed by atoms with Gasteiger partial charge in [0.05, 0.1) is 5.25 Å². The number of piperidine rings is 1. The Kier molecular flexibility index (Phi) is 8.30. The Bertz CT molecular complexity index is 790. The van der Waals surface area contributed by atoms with Crippen LogP contribution < -0.4 is 4.74 Å². The van der Waals surface area contributed by atoms with Crippen molar-refractivity contribution >= 4 is 33.8 Å². The summed E-state index contributed by atoms with van der Waals surface area (Å²) in [6, 6.07) is 5.29. The van der Waals surface area contributed by atoms with Crippen LogP contribution in [0.15, 0.2) is 24.3 Å². The monoisotopic (exact) mass is 441 g/mol. The Balaban J connectivity index is 0.00000392. The second-order valence-corrected chi connectivity index (χ2v) is 8.94. The van der Waals surface area contributed by atoms with Gasteiger partial charge in [-0.15, -0.1) is 25.6 Å². The number of halogens is 4. The van der Waals surface area contributed by atoms with Gasteiger partial charge in [0.15, 0.2) is 0 Å². The Hall–Kier alpha value is -1.81. The zero-order valence-electron chi connectivity index (χ0n) is 15.3. The van der Waals surface area contributed by atoms with Gasteiger partial charge >= 0.3 is 6.36 Å². The maximum absolute atomic E-state index is 12.1. The summed E-state index contributed by atoms with van der Waals surface area (Å²) in [6.45, 7) is 0.931. The summed E-state index contributed by atoms with van der Waals surface area (Å²) in [5.41, 5.74) is 0.910. The quantitative estimate of drug-likeness (QED) is 0.522. The van der Waals surface area contributed by atoms with E-state index in [1.807, 2.05) is 0 Å². The van der Waals surface area contributed by atoms with Gasteiger partial charge in [0.1, 0.15) is 21.4 Å². The molecule has 0 aromatic heterocycles. The molecule has 11 heteroatoms. The number of sulfone groups is 1. The van der Waals surface area contributed by atoms with Crippen LogP contribution in [0.1, 0.15) is 24.8 Å². The molecule has 0 atom stereocenters. The first-order chi connectivity index (χ1) is 12.4. The molecule has 2 rings (SSSR count). The SMILES string of the molecule is CS(=O)(=O)C1CCN(C(=N)CC(=N)Cc2ccc(OC(F)(F)F)cc2)CC1.Cl. The molecule has 28 heavy (non-hydrogen) atoms. The van der Waals surface area contributed by atoms with Gasteiger partial charge in [0, 0.05) is 37.9 Å². The van der Waals surface area contributed by atoms with Crippen LogP contribution in [0.25, 0.3) is 0 Å². The highest BCUT2D eigenvalue weighted by atomic mass is 35.5.